The zero-order valence-corrected chi connectivity index (χ0v) is 13.7. The Morgan fingerprint density at radius 3 is 1.53 bits per heavy atom. The van der Waals surface area contributed by atoms with Crippen molar-refractivity contribution in [2.45, 2.75) is 60.6 Å². The summed E-state index contributed by atoms with van der Waals surface area (Å²) in [6.45, 7) is 2.61. The molecule has 0 saturated heterocycles. The Morgan fingerprint density at radius 1 is 0.767 bits per heavy atom. The summed E-state index contributed by atoms with van der Waals surface area (Å²) >= 11 is 0. The topological polar surface area (TPSA) is 9.23 Å². The molecule has 2 radical (unpaired) electrons. The fourth-order valence-corrected chi connectivity index (χ4v) is 2.76. The predicted molar refractivity (Wildman–Crippen MR) is 63.0 cm³/mol. The van der Waals surface area contributed by atoms with Gasteiger partial charge in [-0.1, -0.05) is 6.92 Å². The number of alkyl halides is 16. The second-order valence-corrected chi connectivity index (χ2v) is 6.13. The molecular weight excluding hydrogens is 476 g/mol. The average molecular weight is 484 g/mol. The second-order valence-electron chi connectivity index (χ2n) is 6.13. The Bertz CT molecular complexity index is 636. The molecule has 17 heteroatoms. The van der Waals surface area contributed by atoms with Gasteiger partial charge < -0.3 is 0 Å². The smallest absolute Gasteiger partial charge is 0.250 e. The summed E-state index contributed by atoms with van der Waals surface area (Å²) in [4.78, 5) is 0. The standard InChI is InChI=1S/C13H8F16O/c1-2-5-3-4-6(14,30-13(27,28)29)7(5,15)8(16,17)9(18,19)10(20,21)11(22,23)12(24,25)26/h4-5H,1-3H2. The predicted octanol–water partition coefficient (Wildman–Crippen LogP) is 6.45. The molecule has 0 heterocycles. The first-order valence-electron chi connectivity index (χ1n) is 7.23. The number of ether oxygens (including phenoxy) is 1. The maximum absolute atomic E-state index is 14.9. The molecule has 0 aromatic carbocycles. The molecule has 3 unspecified atom stereocenters. The molecule has 178 valence electrons. The van der Waals surface area contributed by atoms with Crippen LogP contribution in [-0.4, -0.2) is 47.8 Å². The summed E-state index contributed by atoms with van der Waals surface area (Å²) < 4.78 is 213. The van der Waals surface area contributed by atoms with Crippen LogP contribution >= 0.6 is 0 Å². The van der Waals surface area contributed by atoms with Crippen LogP contribution in [0, 0.1) is 19.3 Å². The van der Waals surface area contributed by atoms with E-state index in [2.05, 4.69) is 11.7 Å². The lowest BCUT2D eigenvalue weighted by Crippen LogP contribution is -2.75. The zero-order valence-electron chi connectivity index (χ0n) is 13.7. The molecule has 0 amide bonds. The van der Waals surface area contributed by atoms with Gasteiger partial charge >= 0.3 is 36.2 Å². The van der Waals surface area contributed by atoms with Gasteiger partial charge in [0.15, 0.2) is 0 Å². The van der Waals surface area contributed by atoms with Crippen LogP contribution in [0.25, 0.3) is 0 Å². The Kier molecular flexibility index (Phi) is 6.20. The molecule has 0 spiro atoms. The van der Waals surface area contributed by atoms with Crippen LogP contribution in [0.5, 0.6) is 0 Å². The monoisotopic (exact) mass is 484 g/mol. The highest BCUT2D eigenvalue weighted by molar-refractivity contribution is 5.25. The van der Waals surface area contributed by atoms with Crippen LogP contribution in [0.3, 0.4) is 0 Å². The third-order valence-electron chi connectivity index (χ3n) is 4.33. The lowest BCUT2D eigenvalue weighted by Gasteiger charge is -2.46. The maximum Gasteiger partial charge on any atom is 0.525 e. The average Bonchev–Trinajstić information content (AvgIpc) is 2.76. The minimum atomic E-state index is -8.14. The quantitative estimate of drug-likeness (QED) is 0.394. The third kappa shape index (κ3) is 3.38. The molecule has 3 atom stereocenters. The second kappa shape index (κ2) is 6.92. The highest BCUT2D eigenvalue weighted by Gasteiger charge is 2.93. The molecule has 1 aliphatic carbocycles. The molecule has 0 bridgehead atoms. The Balaban J connectivity index is 3.75. The summed E-state index contributed by atoms with van der Waals surface area (Å²) in [5.74, 6) is -40.6. The van der Waals surface area contributed by atoms with Crippen LogP contribution in [0.2, 0.25) is 0 Å². The van der Waals surface area contributed by atoms with Crippen molar-refractivity contribution in [3.05, 3.63) is 13.3 Å². The van der Waals surface area contributed by atoms with Gasteiger partial charge in [-0.25, -0.2) is 8.78 Å². The third-order valence-corrected chi connectivity index (χ3v) is 4.33. The van der Waals surface area contributed by atoms with Crippen LogP contribution in [-0.2, 0) is 4.74 Å². The number of hydrogen-bond acceptors (Lipinski definition) is 1. The molecule has 0 aromatic rings. The Labute approximate surface area is 156 Å². The summed E-state index contributed by atoms with van der Waals surface area (Å²) in [5.41, 5.74) is -6.19. The van der Waals surface area contributed by atoms with E-state index in [4.69, 9.17) is 0 Å². The molecular formula is C13H8F16O. The SMILES string of the molecule is [CH2]CC1C[CH]C(F)(OC(F)(F)F)C1(F)C(F)(F)C(F)(F)C(F)(F)C(F)(F)C(F)(F)F. The van der Waals surface area contributed by atoms with Gasteiger partial charge in [-0.2, -0.15) is 48.3 Å². The van der Waals surface area contributed by atoms with Gasteiger partial charge in [0, 0.05) is 12.3 Å². The van der Waals surface area contributed by atoms with Gasteiger partial charge in [0.25, 0.3) is 5.85 Å². The van der Waals surface area contributed by atoms with Gasteiger partial charge in [0.05, 0.1) is 0 Å². The van der Waals surface area contributed by atoms with E-state index in [1.54, 1.807) is 0 Å². The Hall–Kier alpha value is -1.16. The Morgan fingerprint density at radius 2 is 1.20 bits per heavy atom. The van der Waals surface area contributed by atoms with Crippen LogP contribution in [0.1, 0.15) is 12.8 Å². The molecule has 1 aliphatic rings. The van der Waals surface area contributed by atoms with Gasteiger partial charge in [-0.15, -0.1) is 13.2 Å². The van der Waals surface area contributed by atoms with Crippen molar-refractivity contribution in [3.8, 4) is 0 Å². The number of hydrogen-bond donors (Lipinski definition) is 0. The van der Waals surface area contributed by atoms with Crippen LogP contribution < -0.4 is 0 Å². The van der Waals surface area contributed by atoms with Crippen molar-refractivity contribution >= 4 is 0 Å². The normalized spacial score (nSPS) is 30.1. The van der Waals surface area contributed by atoms with Crippen molar-refractivity contribution in [1.29, 1.82) is 0 Å². The van der Waals surface area contributed by atoms with E-state index in [0.717, 1.165) is 0 Å². The van der Waals surface area contributed by atoms with E-state index in [9.17, 15) is 70.2 Å². The first-order valence-corrected chi connectivity index (χ1v) is 7.23. The first kappa shape index (κ1) is 26.9. The summed E-state index contributed by atoms with van der Waals surface area (Å²) in [6, 6.07) is 0. The van der Waals surface area contributed by atoms with Crippen molar-refractivity contribution < 1.29 is 75.0 Å². The lowest BCUT2D eigenvalue weighted by molar-refractivity contribution is -0.460. The highest BCUT2D eigenvalue weighted by Crippen LogP contribution is 2.66. The van der Waals surface area contributed by atoms with E-state index in [1.807, 2.05) is 0 Å². The largest absolute Gasteiger partial charge is 0.525 e. The fraction of sp³-hybridized carbons (Fsp3) is 0.846. The van der Waals surface area contributed by atoms with E-state index >= 15 is 0 Å². The van der Waals surface area contributed by atoms with Gasteiger partial charge in [-0.3, -0.25) is 4.74 Å². The van der Waals surface area contributed by atoms with Crippen molar-refractivity contribution in [1.82, 2.24) is 0 Å². The van der Waals surface area contributed by atoms with E-state index in [0.29, 0.717) is 0 Å². The summed E-state index contributed by atoms with van der Waals surface area (Å²) in [5, 5.41) is 0. The van der Waals surface area contributed by atoms with Crippen molar-refractivity contribution in [3.63, 3.8) is 0 Å². The van der Waals surface area contributed by atoms with Gasteiger partial charge in [-0.05, 0) is 12.8 Å². The molecule has 0 N–H and O–H groups in total. The molecule has 1 fully saturated rings. The summed E-state index contributed by atoms with van der Waals surface area (Å²) in [6.07, 6.45) is -17.9. The minimum absolute atomic E-state index is 0.764. The highest BCUT2D eigenvalue weighted by atomic mass is 19.4. The van der Waals surface area contributed by atoms with Crippen molar-refractivity contribution in [2.75, 3.05) is 0 Å². The van der Waals surface area contributed by atoms with Gasteiger partial charge in [0.1, 0.15) is 0 Å². The van der Waals surface area contributed by atoms with Gasteiger partial charge in [0.2, 0.25) is 5.67 Å². The molecule has 1 nitrogen and oxygen atoms in total. The minimum Gasteiger partial charge on any atom is -0.250 e. The summed E-state index contributed by atoms with van der Waals surface area (Å²) in [7, 11) is 0. The molecule has 0 aromatic heterocycles. The molecule has 30 heavy (non-hydrogen) atoms. The molecule has 0 aliphatic heterocycles. The van der Waals surface area contributed by atoms with Crippen LogP contribution in [0.4, 0.5) is 70.2 Å². The zero-order chi connectivity index (χ0) is 24.4. The van der Waals surface area contributed by atoms with E-state index < -0.39 is 72.9 Å². The first-order chi connectivity index (χ1) is 12.9. The fourth-order valence-electron chi connectivity index (χ4n) is 2.76. The molecule has 1 saturated carbocycles. The maximum atomic E-state index is 14.9. The van der Waals surface area contributed by atoms with E-state index in [-0.39, 0.29) is 0 Å². The van der Waals surface area contributed by atoms with Crippen LogP contribution in [0.15, 0.2) is 0 Å². The molecule has 1 rings (SSSR count). The lowest BCUT2D eigenvalue weighted by atomic mass is 9.77. The number of halogens is 16. The van der Waals surface area contributed by atoms with Crippen molar-refractivity contribution in [2.24, 2.45) is 5.92 Å². The number of rotatable bonds is 6. The van der Waals surface area contributed by atoms with E-state index in [1.165, 1.54) is 0 Å².